The van der Waals surface area contributed by atoms with Crippen molar-refractivity contribution in [3.8, 4) is 11.1 Å². The molecule has 0 saturated carbocycles. The Hall–Kier alpha value is -0.903. The zero-order valence-corrected chi connectivity index (χ0v) is 27.6. The summed E-state index contributed by atoms with van der Waals surface area (Å²) >= 11 is 1.59. The molecule has 3 aromatic rings. The average molecular weight is 616 g/mol. The van der Waals surface area contributed by atoms with Crippen LogP contribution in [-0.4, -0.2) is 16.1 Å². The SMILES string of the molecule is CC1=C2c3ccoc3C1[Si]2(C)C.CC1=Cc2c(-c3ccc([Si](C)(C)C)cc3)cccc2[CH]1[Zr+2].[Cl-].[Cl-]. The fourth-order valence-corrected chi connectivity index (χ4v) is 12.3. The Bertz CT molecular complexity index is 1310. The first kappa shape index (κ1) is 28.7. The molecule has 2 unspecified atom stereocenters. The Balaban J connectivity index is 0.000000208. The second-order valence-electron chi connectivity index (χ2n) is 11.4. The van der Waals surface area contributed by atoms with Gasteiger partial charge in [0.15, 0.2) is 0 Å². The summed E-state index contributed by atoms with van der Waals surface area (Å²) in [5.74, 6) is 1.26. The molecular weight excluding hydrogens is 583 g/mol. The zero-order chi connectivity index (χ0) is 23.7. The van der Waals surface area contributed by atoms with E-state index in [1.165, 1.54) is 44.3 Å². The van der Waals surface area contributed by atoms with Gasteiger partial charge in [0.05, 0.1) is 14.3 Å². The summed E-state index contributed by atoms with van der Waals surface area (Å²) in [7, 11) is -2.28. The first-order chi connectivity index (χ1) is 15.5. The van der Waals surface area contributed by atoms with Gasteiger partial charge in [0.25, 0.3) is 0 Å². The maximum atomic E-state index is 5.53. The molecule has 181 valence electrons. The molecule has 0 fully saturated rings. The summed E-state index contributed by atoms with van der Waals surface area (Å²) in [4.78, 5) is 0. The van der Waals surface area contributed by atoms with Gasteiger partial charge in [0.1, 0.15) is 5.76 Å². The number of fused-ring (bicyclic) bond motifs is 1. The van der Waals surface area contributed by atoms with Crippen molar-refractivity contribution in [2.75, 3.05) is 0 Å². The van der Waals surface area contributed by atoms with Crippen molar-refractivity contribution < 1.29 is 54.0 Å². The van der Waals surface area contributed by atoms with E-state index in [0.29, 0.717) is 9.17 Å². The smallest absolute Gasteiger partial charge is 1.00 e. The number of hydrogen-bond acceptors (Lipinski definition) is 1. The van der Waals surface area contributed by atoms with Crippen molar-refractivity contribution in [2.24, 2.45) is 0 Å². The van der Waals surface area contributed by atoms with E-state index in [0.717, 1.165) is 0 Å². The van der Waals surface area contributed by atoms with Crippen molar-refractivity contribution in [3.05, 3.63) is 88.4 Å². The van der Waals surface area contributed by atoms with E-state index < -0.39 is 16.1 Å². The van der Waals surface area contributed by atoms with Gasteiger partial charge in [0.2, 0.25) is 0 Å². The minimum absolute atomic E-state index is 0. The van der Waals surface area contributed by atoms with Crippen LogP contribution < -0.4 is 30.0 Å². The summed E-state index contributed by atoms with van der Waals surface area (Å²) in [5.41, 5.74) is 10.9. The number of allylic oxidation sites excluding steroid dienone is 2. The Morgan fingerprint density at radius 1 is 0.886 bits per heavy atom. The zero-order valence-electron chi connectivity index (χ0n) is 21.6. The molecule has 0 spiro atoms. The van der Waals surface area contributed by atoms with Gasteiger partial charge in [-0.2, -0.15) is 0 Å². The fraction of sp³-hybridized carbons (Fsp3) is 0.310. The topological polar surface area (TPSA) is 13.1 Å². The fourth-order valence-electron chi connectivity index (χ4n) is 6.05. The van der Waals surface area contributed by atoms with Crippen molar-refractivity contribution in [1.29, 1.82) is 0 Å². The molecule has 35 heavy (non-hydrogen) atoms. The molecule has 6 heteroatoms. The molecule has 2 atom stereocenters. The molecule has 2 aliphatic carbocycles. The van der Waals surface area contributed by atoms with Crippen LogP contribution in [0.2, 0.25) is 32.7 Å². The van der Waals surface area contributed by atoms with Gasteiger partial charge in [0, 0.05) is 11.1 Å². The molecule has 3 heterocycles. The second-order valence-corrected chi connectivity index (χ2v) is 22.4. The van der Waals surface area contributed by atoms with E-state index in [9.17, 15) is 0 Å². The predicted octanol–water partition coefficient (Wildman–Crippen LogP) is 1.86. The maximum Gasteiger partial charge on any atom is -1.00 e. The Kier molecular flexibility index (Phi) is 8.27. The van der Waals surface area contributed by atoms with Crippen molar-refractivity contribution in [1.82, 2.24) is 0 Å². The minimum atomic E-state index is -1.21. The van der Waals surface area contributed by atoms with Crippen LogP contribution in [0.4, 0.5) is 0 Å². The van der Waals surface area contributed by atoms with Crippen molar-refractivity contribution in [3.63, 3.8) is 0 Å². The van der Waals surface area contributed by atoms with Gasteiger partial charge >= 0.3 is 145 Å². The Labute approximate surface area is 240 Å². The number of benzene rings is 2. The van der Waals surface area contributed by atoms with Gasteiger partial charge in [-0.25, -0.2) is 0 Å². The monoisotopic (exact) mass is 613 g/mol. The third kappa shape index (κ3) is 4.64. The summed E-state index contributed by atoms with van der Waals surface area (Å²) < 4.78 is 6.18. The molecule has 1 aromatic heterocycles. The summed E-state index contributed by atoms with van der Waals surface area (Å²) in [6.07, 6.45) is 4.21. The molecule has 0 saturated heterocycles. The van der Waals surface area contributed by atoms with E-state index in [1.807, 2.05) is 6.26 Å². The molecular formula is C29H33Cl2OSi2Zr. The van der Waals surface area contributed by atoms with E-state index in [4.69, 9.17) is 4.42 Å². The van der Waals surface area contributed by atoms with Crippen LogP contribution >= 0.6 is 0 Å². The minimum Gasteiger partial charge on any atom is -1.00 e. The first-order valence-corrected chi connectivity index (χ1v) is 19.9. The normalized spacial score (nSPS) is 20.4. The van der Waals surface area contributed by atoms with Crippen molar-refractivity contribution >= 4 is 32.6 Å². The largest absolute Gasteiger partial charge is 1.00 e. The quantitative estimate of drug-likeness (QED) is 0.402. The van der Waals surface area contributed by atoms with Gasteiger partial charge in [-0.05, 0) is 18.2 Å². The number of halogens is 2. The molecule has 7 rings (SSSR count). The van der Waals surface area contributed by atoms with Crippen LogP contribution in [0.1, 0.15) is 45.5 Å². The number of hydrogen-bond donors (Lipinski definition) is 0. The van der Waals surface area contributed by atoms with Crippen LogP contribution in [0.15, 0.2) is 70.4 Å². The molecule has 0 N–H and O–H groups in total. The van der Waals surface area contributed by atoms with Crippen LogP contribution in [-0.2, 0) is 24.7 Å². The maximum absolute atomic E-state index is 5.53. The average Bonchev–Trinajstić information content (AvgIpc) is 3.45. The molecule has 4 aliphatic rings. The van der Waals surface area contributed by atoms with Crippen LogP contribution in [0, 0.1) is 0 Å². The van der Waals surface area contributed by atoms with E-state index in [-0.39, 0.29) is 24.8 Å². The Morgan fingerprint density at radius 3 is 2.11 bits per heavy atom. The molecule has 2 aliphatic heterocycles. The molecule has 0 radical (unpaired) electrons. The van der Waals surface area contributed by atoms with Crippen LogP contribution in [0.3, 0.4) is 0 Å². The predicted molar refractivity (Wildman–Crippen MR) is 143 cm³/mol. The standard InChI is InChI=1S/C19H21Si.C10H12OSi.2ClH.Zr/c1-14-12-16-6-5-7-18(19(16)13-14)15-8-10-17(11-9-15)20(2,3)4;1-6-9-7-4-5-11-8(7)10(6)12(9,2)3;;;/h5-13H,1-4H3;4-5,10H,1-3H3;2*1H;/q;;;;+2/p-2. The van der Waals surface area contributed by atoms with Crippen LogP contribution in [0.25, 0.3) is 22.4 Å². The van der Waals surface area contributed by atoms with Gasteiger partial charge in [-0.3, -0.25) is 0 Å². The molecule has 2 bridgehead atoms. The summed E-state index contributed by atoms with van der Waals surface area (Å²) in [5, 5.41) is 3.19. The summed E-state index contributed by atoms with van der Waals surface area (Å²) in [6.45, 7) is 16.6. The van der Waals surface area contributed by atoms with E-state index >= 15 is 0 Å². The molecule has 0 amide bonds. The van der Waals surface area contributed by atoms with E-state index in [1.54, 1.807) is 35.5 Å². The third-order valence-electron chi connectivity index (χ3n) is 7.76. The van der Waals surface area contributed by atoms with Crippen LogP contribution in [0.5, 0.6) is 0 Å². The first-order valence-electron chi connectivity index (χ1n) is 11.9. The molecule has 1 nitrogen and oxygen atoms in total. The van der Waals surface area contributed by atoms with E-state index in [2.05, 4.69) is 101 Å². The summed E-state index contributed by atoms with van der Waals surface area (Å²) in [6, 6.07) is 18.2. The molecule has 2 aromatic carbocycles. The number of furan rings is 1. The van der Waals surface area contributed by atoms with Gasteiger partial charge < -0.3 is 29.2 Å². The van der Waals surface area contributed by atoms with Gasteiger partial charge in [-0.1, -0.05) is 18.7 Å². The third-order valence-corrected chi connectivity index (χ3v) is 15.8. The second kappa shape index (κ2) is 10.1. The van der Waals surface area contributed by atoms with Gasteiger partial charge in [-0.15, -0.1) is 0 Å². The number of rotatable bonds is 2. The van der Waals surface area contributed by atoms with Crippen molar-refractivity contribution in [2.45, 2.75) is 55.7 Å². The Morgan fingerprint density at radius 2 is 1.54 bits per heavy atom.